The molecule has 0 fully saturated rings. The summed E-state index contributed by atoms with van der Waals surface area (Å²) in [6, 6.07) is 1.06. The Bertz CT molecular complexity index is 383. The Morgan fingerprint density at radius 3 is 2.07 bits per heavy atom. The zero-order valence-corrected chi connectivity index (χ0v) is 24.1. The van der Waals surface area contributed by atoms with Gasteiger partial charge in [-0.05, 0) is 84.3 Å². The normalized spacial score (nSPS) is 14.4. The third-order valence-corrected chi connectivity index (χ3v) is 17.1. The van der Waals surface area contributed by atoms with Crippen molar-refractivity contribution >= 4 is 26.6 Å². The third kappa shape index (κ3) is 13.4. The number of rotatable bonds is 20. The van der Waals surface area contributed by atoms with Crippen LogP contribution in [0.3, 0.4) is 0 Å². The molecule has 0 saturated carbocycles. The van der Waals surface area contributed by atoms with Crippen LogP contribution in [0.5, 0.6) is 0 Å². The van der Waals surface area contributed by atoms with Crippen LogP contribution in [0.15, 0.2) is 0 Å². The molecule has 0 saturated heterocycles. The first kappa shape index (κ1) is 29.4. The monoisotopic (exact) mass is 466 g/mol. The van der Waals surface area contributed by atoms with E-state index < -0.39 is 17.1 Å². The maximum Gasteiger partial charge on any atom is 0.334 e. The molecule has 0 rings (SSSR count). The van der Waals surface area contributed by atoms with Gasteiger partial charge in [0.2, 0.25) is 0 Å². The highest BCUT2D eigenvalue weighted by Gasteiger charge is 2.38. The lowest BCUT2D eigenvalue weighted by Crippen LogP contribution is -2.46. The molecule has 176 valence electrons. The van der Waals surface area contributed by atoms with Gasteiger partial charge in [-0.25, -0.2) is 0 Å². The molecule has 1 atom stereocenters. The van der Waals surface area contributed by atoms with Crippen LogP contribution >= 0.6 is 0 Å². The molecular formula is C20H50N2O4Si3. The van der Waals surface area contributed by atoms with Crippen molar-refractivity contribution in [1.29, 1.82) is 0 Å². The molecule has 1 N–H and O–H groups in total. The zero-order chi connectivity index (χ0) is 22.2. The van der Waals surface area contributed by atoms with E-state index in [4.69, 9.17) is 17.7 Å². The first-order valence-corrected chi connectivity index (χ1v) is 18.2. The van der Waals surface area contributed by atoms with Crippen LogP contribution in [0, 0.1) is 0 Å². The minimum atomic E-state index is -2.05. The number of nitrogens with one attached hydrogen (secondary N) is 1. The summed E-state index contributed by atoms with van der Waals surface area (Å²) in [6.45, 7) is 12.3. The quantitative estimate of drug-likeness (QED) is 0.220. The van der Waals surface area contributed by atoms with Gasteiger partial charge in [0.05, 0.1) is 0 Å². The van der Waals surface area contributed by atoms with E-state index in [9.17, 15) is 0 Å². The zero-order valence-electron chi connectivity index (χ0n) is 20.6. The van der Waals surface area contributed by atoms with Crippen molar-refractivity contribution in [3.8, 4) is 0 Å². The average molecular weight is 467 g/mol. The van der Waals surface area contributed by atoms with E-state index in [0.717, 1.165) is 38.4 Å². The van der Waals surface area contributed by atoms with Crippen LogP contribution in [0.1, 0.15) is 46.0 Å². The number of hydrogen-bond acceptors (Lipinski definition) is 6. The first-order valence-electron chi connectivity index (χ1n) is 11.5. The van der Waals surface area contributed by atoms with E-state index in [-0.39, 0.29) is 9.52 Å². The summed E-state index contributed by atoms with van der Waals surface area (Å²) in [6.07, 6.45) is 7.39. The van der Waals surface area contributed by atoms with E-state index in [1.54, 1.807) is 0 Å². The van der Waals surface area contributed by atoms with Gasteiger partial charge in [-0.3, -0.25) is 0 Å². The van der Waals surface area contributed by atoms with E-state index in [0.29, 0.717) is 5.16 Å². The highest BCUT2D eigenvalue weighted by molar-refractivity contribution is 6.77. The SMILES string of the molecule is CCO[Si](C)(CCCNC[SiH2]C(CCCCCN(C)C)[Si](C)(OC)OC)OCC. The molecule has 1 unspecified atom stereocenters. The summed E-state index contributed by atoms with van der Waals surface area (Å²) in [7, 11) is 3.65. The average Bonchev–Trinajstić information content (AvgIpc) is 2.68. The molecular weight excluding hydrogens is 416 g/mol. The second kappa shape index (κ2) is 17.0. The highest BCUT2D eigenvalue weighted by Crippen LogP contribution is 2.28. The first-order chi connectivity index (χ1) is 13.8. The third-order valence-electron chi connectivity index (χ3n) is 5.76. The van der Waals surface area contributed by atoms with Gasteiger partial charge in [0.15, 0.2) is 0 Å². The van der Waals surface area contributed by atoms with Crippen molar-refractivity contribution in [2.45, 2.75) is 70.3 Å². The van der Waals surface area contributed by atoms with E-state index in [2.05, 4.69) is 51.3 Å². The molecule has 0 spiro atoms. The fourth-order valence-corrected chi connectivity index (χ4v) is 12.7. The molecule has 0 aliphatic heterocycles. The largest absolute Gasteiger partial charge is 0.398 e. The Morgan fingerprint density at radius 1 is 0.931 bits per heavy atom. The molecule has 0 aromatic carbocycles. The van der Waals surface area contributed by atoms with Crippen LogP contribution in [0.25, 0.3) is 0 Å². The maximum atomic E-state index is 5.93. The molecule has 29 heavy (non-hydrogen) atoms. The summed E-state index contributed by atoms with van der Waals surface area (Å²) in [5, 5.41) is 4.35. The lowest BCUT2D eigenvalue weighted by molar-refractivity contribution is 0.188. The minimum absolute atomic E-state index is 0.293. The molecule has 0 aliphatic rings. The number of hydrogen-bond donors (Lipinski definition) is 1. The molecule has 0 aromatic heterocycles. The Morgan fingerprint density at radius 2 is 1.55 bits per heavy atom. The highest BCUT2D eigenvalue weighted by atomic mass is 28.4. The van der Waals surface area contributed by atoms with E-state index >= 15 is 0 Å². The van der Waals surface area contributed by atoms with E-state index in [1.165, 1.54) is 32.2 Å². The predicted molar refractivity (Wildman–Crippen MR) is 132 cm³/mol. The summed E-state index contributed by atoms with van der Waals surface area (Å²) in [5.74, 6) is 0. The van der Waals surface area contributed by atoms with Crippen molar-refractivity contribution in [1.82, 2.24) is 10.2 Å². The van der Waals surface area contributed by atoms with Crippen molar-refractivity contribution in [3.05, 3.63) is 0 Å². The van der Waals surface area contributed by atoms with Gasteiger partial charge < -0.3 is 27.9 Å². The summed E-state index contributed by atoms with van der Waals surface area (Å²) >= 11 is 0. The lowest BCUT2D eigenvalue weighted by Gasteiger charge is -2.32. The minimum Gasteiger partial charge on any atom is -0.398 e. The predicted octanol–water partition coefficient (Wildman–Crippen LogP) is 3.05. The Labute approximate surface area is 185 Å². The smallest absolute Gasteiger partial charge is 0.334 e. The maximum absolute atomic E-state index is 5.93. The fraction of sp³-hybridized carbons (Fsp3) is 1.00. The molecule has 9 heteroatoms. The van der Waals surface area contributed by atoms with E-state index in [1.807, 2.05) is 14.2 Å². The molecule has 0 bridgehead atoms. The summed E-state index contributed by atoms with van der Waals surface area (Å²) in [4.78, 5) is 2.27. The second-order valence-electron chi connectivity index (χ2n) is 8.42. The number of unbranched alkanes of at least 4 members (excludes halogenated alkanes) is 2. The molecule has 0 aromatic rings. The van der Waals surface area contributed by atoms with Crippen molar-refractivity contribution < 1.29 is 17.7 Å². The van der Waals surface area contributed by atoms with Gasteiger partial charge in [0, 0.05) is 37.0 Å². The van der Waals surface area contributed by atoms with Crippen molar-refractivity contribution in [3.63, 3.8) is 0 Å². The summed E-state index contributed by atoms with van der Waals surface area (Å²) in [5.41, 5.74) is 0. The molecule has 0 radical (unpaired) electrons. The van der Waals surface area contributed by atoms with Crippen molar-refractivity contribution in [2.75, 3.05) is 60.8 Å². The molecule has 0 aliphatic carbocycles. The van der Waals surface area contributed by atoms with Gasteiger partial charge in [0.1, 0.15) is 0 Å². The molecule has 0 heterocycles. The number of nitrogens with zero attached hydrogens (tertiary/aromatic N) is 1. The van der Waals surface area contributed by atoms with Crippen LogP contribution in [-0.4, -0.2) is 92.3 Å². The van der Waals surface area contributed by atoms with Gasteiger partial charge in [-0.15, -0.1) is 0 Å². The van der Waals surface area contributed by atoms with Gasteiger partial charge in [0.25, 0.3) is 0 Å². The van der Waals surface area contributed by atoms with Gasteiger partial charge >= 0.3 is 17.1 Å². The topological polar surface area (TPSA) is 52.2 Å². The van der Waals surface area contributed by atoms with Gasteiger partial charge in [-0.2, -0.15) is 0 Å². The lowest BCUT2D eigenvalue weighted by atomic mass is 10.2. The van der Waals surface area contributed by atoms with Crippen LogP contribution in [-0.2, 0) is 17.7 Å². The van der Waals surface area contributed by atoms with Crippen LogP contribution < -0.4 is 5.32 Å². The van der Waals surface area contributed by atoms with Crippen LogP contribution in [0.2, 0.25) is 24.3 Å². The standard InChI is InChI=1S/C20H50N2O4Si3/c1-9-25-28(7,26-10-2)18-14-16-21-19-27-20(29(8,23-5)24-6)15-12-11-13-17-22(3)4/h20-21H,9-19,27H2,1-8H3. The second-order valence-corrected chi connectivity index (χ2v) is 18.3. The Hall–Kier alpha value is 0.411. The van der Waals surface area contributed by atoms with Crippen molar-refractivity contribution in [2.24, 2.45) is 0 Å². The molecule has 0 amide bonds. The fourth-order valence-electron chi connectivity index (χ4n) is 3.81. The van der Waals surface area contributed by atoms with Gasteiger partial charge in [-0.1, -0.05) is 19.3 Å². The van der Waals surface area contributed by atoms with Crippen LogP contribution in [0.4, 0.5) is 0 Å². The Balaban J connectivity index is 4.31. The summed E-state index contributed by atoms with van der Waals surface area (Å²) < 4.78 is 23.7. The Kier molecular flexibility index (Phi) is 17.3. The molecule has 6 nitrogen and oxygen atoms in total.